The molecule has 0 aliphatic rings. The number of para-hydroxylation sites is 6. The highest BCUT2D eigenvalue weighted by atomic mass is 16.3. The molecule has 58 heavy (non-hydrogen) atoms. The Labute approximate surface area is 332 Å². The number of aromatic nitrogens is 3. The number of rotatable bonds is 4. The summed E-state index contributed by atoms with van der Waals surface area (Å²) in [5.41, 5.74) is 14.5. The van der Waals surface area contributed by atoms with Gasteiger partial charge in [-0.2, -0.15) is 0 Å². The van der Waals surface area contributed by atoms with Gasteiger partial charge in [-0.15, -0.1) is 0 Å². The van der Waals surface area contributed by atoms with Gasteiger partial charge in [0, 0.05) is 60.3 Å². The van der Waals surface area contributed by atoms with Crippen molar-refractivity contribution in [1.82, 2.24) is 13.7 Å². The molecule has 0 unspecified atom stereocenters. The molecular weight excluding hydrogens is 707 g/mol. The Bertz CT molecular complexity index is 3790. The molecular formula is C54H33N3O. The molecule has 0 aliphatic carbocycles. The maximum atomic E-state index is 6.86. The molecule has 13 rings (SSSR count). The number of hydrogen-bond donors (Lipinski definition) is 0. The lowest BCUT2D eigenvalue weighted by atomic mass is 9.97. The molecule has 0 N–H and O–H groups in total. The number of hydrogen-bond acceptors (Lipinski definition) is 1. The van der Waals surface area contributed by atoms with E-state index in [0.717, 1.165) is 77.5 Å². The Balaban J connectivity index is 1.17. The van der Waals surface area contributed by atoms with Gasteiger partial charge in [0.2, 0.25) is 0 Å². The van der Waals surface area contributed by atoms with Crippen molar-refractivity contribution in [2.24, 2.45) is 0 Å². The summed E-state index contributed by atoms with van der Waals surface area (Å²) in [4.78, 5) is 0. The molecule has 0 atom stereocenters. The smallest absolute Gasteiger partial charge is 0.145 e. The lowest BCUT2D eigenvalue weighted by Crippen LogP contribution is -1.98. The summed E-state index contributed by atoms with van der Waals surface area (Å²) in [5.74, 6) is 0. The van der Waals surface area contributed by atoms with Crippen LogP contribution in [0.3, 0.4) is 0 Å². The van der Waals surface area contributed by atoms with Crippen molar-refractivity contribution in [3.05, 3.63) is 200 Å². The summed E-state index contributed by atoms with van der Waals surface area (Å²) in [6.07, 6.45) is 0. The van der Waals surface area contributed by atoms with E-state index in [2.05, 4.69) is 214 Å². The number of nitrogens with zero attached hydrogens (tertiary/aromatic N) is 3. The molecule has 0 fully saturated rings. The van der Waals surface area contributed by atoms with E-state index in [9.17, 15) is 0 Å². The summed E-state index contributed by atoms with van der Waals surface area (Å²) >= 11 is 0. The molecule has 0 spiro atoms. The van der Waals surface area contributed by atoms with Crippen LogP contribution in [0.15, 0.2) is 205 Å². The molecule has 4 nitrogen and oxygen atoms in total. The van der Waals surface area contributed by atoms with Crippen LogP contribution in [0.4, 0.5) is 0 Å². The average molecular weight is 740 g/mol. The number of fused-ring (bicyclic) bond motifs is 13. The Morgan fingerprint density at radius 2 is 0.845 bits per heavy atom. The van der Waals surface area contributed by atoms with Crippen LogP contribution < -0.4 is 0 Å². The molecule has 0 amide bonds. The van der Waals surface area contributed by atoms with Gasteiger partial charge in [0.25, 0.3) is 0 Å². The van der Waals surface area contributed by atoms with Crippen LogP contribution in [-0.4, -0.2) is 13.7 Å². The summed E-state index contributed by atoms with van der Waals surface area (Å²) in [6, 6.07) is 72.5. The second-order valence-corrected chi connectivity index (χ2v) is 15.3. The van der Waals surface area contributed by atoms with E-state index in [4.69, 9.17) is 4.42 Å². The van der Waals surface area contributed by atoms with Crippen molar-refractivity contribution in [3.63, 3.8) is 0 Å². The highest BCUT2D eigenvalue weighted by molar-refractivity contribution is 6.27. The SMILES string of the molecule is c1ccc(-n2c3ccccc3c3cc(-c4cc5c6ccccc6oc5c5c6ccccc6n(-c6ccc7c8ccccc8n(-c8ccccc8)c7c6)c45)ccc32)cc1. The molecule has 4 heteroatoms. The molecule has 0 bridgehead atoms. The normalized spacial score (nSPS) is 12.1. The fourth-order valence-electron chi connectivity index (χ4n) is 9.77. The Morgan fingerprint density at radius 1 is 0.310 bits per heavy atom. The molecule has 0 saturated heterocycles. The van der Waals surface area contributed by atoms with Gasteiger partial charge in [-0.1, -0.05) is 121 Å². The molecule has 0 saturated carbocycles. The van der Waals surface area contributed by atoms with Crippen LogP contribution in [-0.2, 0) is 0 Å². The third-order valence-corrected chi connectivity index (χ3v) is 12.2. The van der Waals surface area contributed by atoms with Crippen molar-refractivity contribution in [2.45, 2.75) is 0 Å². The molecule has 270 valence electrons. The van der Waals surface area contributed by atoms with Gasteiger partial charge < -0.3 is 18.1 Å². The van der Waals surface area contributed by atoms with Crippen LogP contribution in [0.1, 0.15) is 0 Å². The quantitative estimate of drug-likeness (QED) is 0.177. The summed E-state index contributed by atoms with van der Waals surface area (Å²) in [6.45, 7) is 0. The Hall–Kier alpha value is -7.82. The standard InChI is InChI=1S/C54H33N3O/c1-3-15-35(16-4-1)55-47-24-12-8-20-39(47)44-31-34(27-30-49(44)55)43-33-45-41-21-10-14-26-51(41)58-54(45)52-42-22-9-13-25-48(42)57(53(43)52)37-28-29-40-38-19-7-11-23-46(38)56(50(40)32-37)36-17-5-2-6-18-36/h1-33H. The Kier molecular flexibility index (Phi) is 6.41. The number of furan rings is 1. The predicted molar refractivity (Wildman–Crippen MR) is 242 cm³/mol. The van der Waals surface area contributed by atoms with Crippen LogP contribution in [0.5, 0.6) is 0 Å². The van der Waals surface area contributed by atoms with Crippen molar-refractivity contribution in [1.29, 1.82) is 0 Å². The first-order chi connectivity index (χ1) is 28.8. The minimum absolute atomic E-state index is 0.892. The zero-order valence-electron chi connectivity index (χ0n) is 31.3. The molecule has 13 aromatic rings. The van der Waals surface area contributed by atoms with Gasteiger partial charge in [0.05, 0.1) is 38.5 Å². The van der Waals surface area contributed by atoms with Gasteiger partial charge in [-0.05, 0) is 84.4 Å². The summed E-state index contributed by atoms with van der Waals surface area (Å²) in [5, 5.41) is 9.43. The molecule has 0 aliphatic heterocycles. The fraction of sp³-hybridized carbons (Fsp3) is 0. The van der Waals surface area contributed by atoms with E-state index >= 15 is 0 Å². The van der Waals surface area contributed by atoms with Crippen molar-refractivity contribution >= 4 is 87.4 Å². The molecule has 0 radical (unpaired) electrons. The number of benzene rings is 9. The molecule has 4 heterocycles. The maximum absolute atomic E-state index is 6.86. The topological polar surface area (TPSA) is 27.9 Å². The van der Waals surface area contributed by atoms with Crippen molar-refractivity contribution < 1.29 is 4.42 Å². The van der Waals surface area contributed by atoms with Crippen molar-refractivity contribution in [2.75, 3.05) is 0 Å². The van der Waals surface area contributed by atoms with Crippen LogP contribution in [0.2, 0.25) is 0 Å². The van der Waals surface area contributed by atoms with Crippen LogP contribution in [0.25, 0.3) is 116 Å². The van der Waals surface area contributed by atoms with Crippen molar-refractivity contribution in [3.8, 4) is 28.2 Å². The van der Waals surface area contributed by atoms with E-state index in [1.807, 2.05) is 0 Å². The summed E-state index contributed by atoms with van der Waals surface area (Å²) in [7, 11) is 0. The minimum Gasteiger partial charge on any atom is -0.455 e. The molecule has 4 aromatic heterocycles. The third-order valence-electron chi connectivity index (χ3n) is 12.2. The average Bonchev–Trinajstić information content (AvgIpc) is 4.03. The second-order valence-electron chi connectivity index (χ2n) is 15.3. The fourth-order valence-corrected chi connectivity index (χ4v) is 9.77. The molecule has 9 aromatic carbocycles. The highest BCUT2D eigenvalue weighted by Gasteiger charge is 2.24. The first kappa shape index (κ1) is 31.4. The Morgan fingerprint density at radius 3 is 1.55 bits per heavy atom. The predicted octanol–water partition coefficient (Wildman–Crippen LogP) is 14.5. The maximum Gasteiger partial charge on any atom is 0.145 e. The minimum atomic E-state index is 0.892. The summed E-state index contributed by atoms with van der Waals surface area (Å²) < 4.78 is 14.1. The lowest BCUT2D eigenvalue weighted by Gasteiger charge is -2.14. The largest absolute Gasteiger partial charge is 0.455 e. The van der Waals surface area contributed by atoms with Gasteiger partial charge in [0.1, 0.15) is 11.2 Å². The zero-order chi connectivity index (χ0) is 37.9. The van der Waals surface area contributed by atoms with Gasteiger partial charge >= 0.3 is 0 Å². The third kappa shape index (κ3) is 4.29. The van der Waals surface area contributed by atoms with E-state index in [-0.39, 0.29) is 0 Å². The van der Waals surface area contributed by atoms with E-state index in [1.165, 1.54) is 38.1 Å². The first-order valence-electron chi connectivity index (χ1n) is 19.9. The first-order valence-corrected chi connectivity index (χ1v) is 19.9. The van der Waals surface area contributed by atoms with E-state index in [1.54, 1.807) is 0 Å². The van der Waals surface area contributed by atoms with Crippen LogP contribution >= 0.6 is 0 Å². The second kappa shape index (κ2) is 11.8. The van der Waals surface area contributed by atoms with Gasteiger partial charge in [-0.3, -0.25) is 0 Å². The van der Waals surface area contributed by atoms with Gasteiger partial charge in [0.15, 0.2) is 0 Å². The lowest BCUT2D eigenvalue weighted by molar-refractivity contribution is 0.673. The zero-order valence-corrected chi connectivity index (χ0v) is 31.3. The van der Waals surface area contributed by atoms with Gasteiger partial charge in [-0.25, -0.2) is 0 Å². The van der Waals surface area contributed by atoms with E-state index in [0.29, 0.717) is 0 Å². The van der Waals surface area contributed by atoms with Crippen LogP contribution in [0, 0.1) is 0 Å². The monoisotopic (exact) mass is 739 g/mol. The highest BCUT2D eigenvalue weighted by Crippen LogP contribution is 2.47. The van der Waals surface area contributed by atoms with E-state index < -0.39 is 0 Å².